The monoisotopic (exact) mass is 260 g/mol. The lowest BCUT2D eigenvalue weighted by Gasteiger charge is -2.00. The minimum absolute atomic E-state index is 0.239. The maximum atomic E-state index is 11.4. The van der Waals surface area contributed by atoms with Crippen LogP contribution in [-0.2, 0) is 19.1 Å². The number of ether oxygens (including phenoxy) is 2. The Bertz CT molecular complexity index is 486. The van der Waals surface area contributed by atoms with E-state index in [4.69, 9.17) is 9.47 Å². The Morgan fingerprint density at radius 3 is 2.53 bits per heavy atom. The Morgan fingerprint density at radius 2 is 1.89 bits per heavy atom. The fourth-order valence-electron chi connectivity index (χ4n) is 1.21. The fourth-order valence-corrected chi connectivity index (χ4v) is 1.21. The largest absolute Gasteiger partial charge is 0.463 e. The predicted octanol–water partition coefficient (Wildman–Crippen LogP) is 2.71. The number of carbonyl (C=O) groups is 2. The highest BCUT2D eigenvalue weighted by Crippen LogP contribution is 2.02. The third-order valence-corrected chi connectivity index (χ3v) is 2.16. The molecule has 1 rings (SSSR count). The van der Waals surface area contributed by atoms with Crippen LogP contribution in [0.5, 0.6) is 0 Å². The van der Waals surface area contributed by atoms with E-state index in [2.05, 4.69) is 0 Å². The van der Waals surface area contributed by atoms with Gasteiger partial charge >= 0.3 is 11.9 Å². The zero-order chi connectivity index (χ0) is 14.1. The Morgan fingerprint density at radius 1 is 1.21 bits per heavy atom. The maximum absolute atomic E-state index is 11.4. The summed E-state index contributed by atoms with van der Waals surface area (Å²) in [6.45, 7) is 3.51. The molecule has 19 heavy (non-hydrogen) atoms. The highest BCUT2D eigenvalue weighted by Gasteiger charge is 2.05. The van der Waals surface area contributed by atoms with Crippen molar-refractivity contribution < 1.29 is 19.1 Å². The van der Waals surface area contributed by atoms with E-state index >= 15 is 0 Å². The van der Waals surface area contributed by atoms with Gasteiger partial charge < -0.3 is 9.47 Å². The molecule has 0 radical (unpaired) electrons. The number of hydrogen-bond donors (Lipinski definition) is 0. The molecular weight excluding hydrogens is 244 g/mol. The van der Waals surface area contributed by atoms with Crippen molar-refractivity contribution in [2.75, 3.05) is 6.61 Å². The molecule has 1 aromatic carbocycles. The first-order chi connectivity index (χ1) is 9.13. The SMILES string of the molecule is CCOC(=O)C(C)=COC(=O)/C=C/c1ccccc1. The summed E-state index contributed by atoms with van der Waals surface area (Å²) < 4.78 is 9.55. The van der Waals surface area contributed by atoms with Gasteiger partial charge in [0, 0.05) is 6.08 Å². The van der Waals surface area contributed by atoms with Gasteiger partial charge in [0.25, 0.3) is 0 Å². The second-order valence-corrected chi connectivity index (χ2v) is 3.70. The molecule has 0 N–H and O–H groups in total. The minimum Gasteiger partial charge on any atom is -0.463 e. The van der Waals surface area contributed by atoms with Crippen LogP contribution in [0.3, 0.4) is 0 Å². The average Bonchev–Trinajstić information content (AvgIpc) is 2.43. The van der Waals surface area contributed by atoms with Crippen LogP contribution in [0.2, 0.25) is 0 Å². The van der Waals surface area contributed by atoms with Crippen LogP contribution < -0.4 is 0 Å². The Hall–Kier alpha value is -2.36. The first-order valence-corrected chi connectivity index (χ1v) is 5.91. The summed E-state index contributed by atoms with van der Waals surface area (Å²) in [5.74, 6) is -1.05. The first kappa shape index (κ1) is 14.7. The molecule has 0 amide bonds. The van der Waals surface area contributed by atoms with Gasteiger partial charge in [0.15, 0.2) is 0 Å². The van der Waals surface area contributed by atoms with E-state index in [0.717, 1.165) is 11.8 Å². The van der Waals surface area contributed by atoms with E-state index in [-0.39, 0.29) is 12.2 Å². The lowest BCUT2D eigenvalue weighted by molar-refractivity contribution is -0.138. The number of rotatable bonds is 5. The number of benzene rings is 1. The van der Waals surface area contributed by atoms with E-state index < -0.39 is 11.9 Å². The van der Waals surface area contributed by atoms with Crippen molar-refractivity contribution in [3.63, 3.8) is 0 Å². The zero-order valence-electron chi connectivity index (χ0n) is 11.0. The summed E-state index contributed by atoms with van der Waals surface area (Å²) in [6.07, 6.45) is 4.02. The van der Waals surface area contributed by atoms with Gasteiger partial charge in [0.05, 0.1) is 12.2 Å². The Balaban J connectivity index is 2.50. The summed E-state index contributed by atoms with van der Waals surface area (Å²) in [5, 5.41) is 0. The molecule has 100 valence electrons. The Kier molecular flexibility index (Phi) is 6.09. The molecule has 0 aliphatic carbocycles. The summed E-state index contributed by atoms with van der Waals surface area (Å²) in [7, 11) is 0. The van der Waals surface area contributed by atoms with Gasteiger partial charge in [-0.25, -0.2) is 9.59 Å². The van der Waals surface area contributed by atoms with Gasteiger partial charge in [-0.3, -0.25) is 0 Å². The minimum atomic E-state index is -0.549. The molecule has 1 aromatic rings. The van der Waals surface area contributed by atoms with Crippen molar-refractivity contribution in [3.05, 3.63) is 53.8 Å². The molecule has 0 spiro atoms. The molecule has 4 heteroatoms. The molecule has 4 nitrogen and oxygen atoms in total. The van der Waals surface area contributed by atoms with Gasteiger partial charge in [0.2, 0.25) is 0 Å². The van der Waals surface area contributed by atoms with Crippen LogP contribution in [0.15, 0.2) is 48.2 Å². The summed E-state index contributed by atoms with van der Waals surface area (Å²) >= 11 is 0. The molecule has 0 unspecified atom stereocenters. The smallest absolute Gasteiger partial charge is 0.336 e. The van der Waals surface area contributed by atoms with Crippen molar-refractivity contribution in [2.45, 2.75) is 13.8 Å². The molecule has 0 atom stereocenters. The molecule has 0 aliphatic rings. The van der Waals surface area contributed by atoms with Crippen molar-refractivity contribution in [1.29, 1.82) is 0 Å². The third-order valence-electron chi connectivity index (χ3n) is 2.16. The van der Waals surface area contributed by atoms with E-state index in [1.165, 1.54) is 13.0 Å². The molecule has 0 aliphatic heterocycles. The standard InChI is InChI=1S/C15H16O4/c1-3-18-15(17)12(2)11-19-14(16)10-9-13-7-5-4-6-8-13/h4-11H,3H2,1-2H3/b10-9+,12-11?. The predicted molar refractivity (Wildman–Crippen MR) is 72.0 cm³/mol. The van der Waals surface area contributed by atoms with Crippen LogP contribution in [0.1, 0.15) is 19.4 Å². The van der Waals surface area contributed by atoms with Crippen LogP contribution >= 0.6 is 0 Å². The quantitative estimate of drug-likeness (QED) is 0.464. The zero-order valence-corrected chi connectivity index (χ0v) is 11.0. The number of carbonyl (C=O) groups excluding carboxylic acids is 2. The highest BCUT2D eigenvalue weighted by molar-refractivity contribution is 5.90. The van der Waals surface area contributed by atoms with E-state index in [9.17, 15) is 9.59 Å². The van der Waals surface area contributed by atoms with Gasteiger partial charge in [-0.05, 0) is 25.5 Å². The van der Waals surface area contributed by atoms with Crippen molar-refractivity contribution >= 4 is 18.0 Å². The van der Waals surface area contributed by atoms with Crippen LogP contribution in [-0.4, -0.2) is 18.5 Å². The maximum Gasteiger partial charge on any atom is 0.336 e. The topological polar surface area (TPSA) is 52.6 Å². The van der Waals surface area contributed by atoms with Gasteiger partial charge in [-0.2, -0.15) is 0 Å². The van der Waals surface area contributed by atoms with E-state index in [1.807, 2.05) is 30.3 Å². The normalized spacial score (nSPS) is 11.4. The molecular formula is C15H16O4. The molecule has 0 saturated carbocycles. The van der Waals surface area contributed by atoms with Crippen LogP contribution in [0.4, 0.5) is 0 Å². The molecule has 0 bridgehead atoms. The molecule has 0 aromatic heterocycles. The molecule has 0 heterocycles. The summed E-state index contributed by atoms with van der Waals surface area (Å²) in [5.41, 5.74) is 1.13. The van der Waals surface area contributed by atoms with Crippen LogP contribution in [0.25, 0.3) is 6.08 Å². The summed E-state index contributed by atoms with van der Waals surface area (Å²) in [4.78, 5) is 22.6. The van der Waals surface area contributed by atoms with Gasteiger partial charge in [0.1, 0.15) is 6.26 Å². The van der Waals surface area contributed by atoms with Crippen LogP contribution in [0, 0.1) is 0 Å². The van der Waals surface area contributed by atoms with Crippen molar-refractivity contribution in [2.24, 2.45) is 0 Å². The lowest BCUT2D eigenvalue weighted by Crippen LogP contribution is -2.06. The third kappa shape index (κ3) is 5.68. The second-order valence-electron chi connectivity index (χ2n) is 3.70. The number of hydrogen-bond acceptors (Lipinski definition) is 4. The van der Waals surface area contributed by atoms with Gasteiger partial charge in [-0.15, -0.1) is 0 Å². The van der Waals surface area contributed by atoms with E-state index in [0.29, 0.717) is 0 Å². The lowest BCUT2D eigenvalue weighted by atomic mass is 10.2. The Labute approximate surface area is 112 Å². The summed E-state index contributed by atoms with van der Waals surface area (Å²) in [6, 6.07) is 9.36. The fraction of sp³-hybridized carbons (Fsp3) is 0.200. The molecule has 0 fully saturated rings. The average molecular weight is 260 g/mol. The number of esters is 2. The van der Waals surface area contributed by atoms with Crippen molar-refractivity contribution in [1.82, 2.24) is 0 Å². The van der Waals surface area contributed by atoms with E-state index in [1.54, 1.807) is 13.0 Å². The van der Waals surface area contributed by atoms with Crippen molar-refractivity contribution in [3.8, 4) is 0 Å². The van der Waals surface area contributed by atoms with Gasteiger partial charge in [-0.1, -0.05) is 30.3 Å². The molecule has 0 saturated heterocycles. The highest BCUT2D eigenvalue weighted by atomic mass is 16.5. The second kappa shape index (κ2) is 7.87. The first-order valence-electron chi connectivity index (χ1n) is 5.91.